The van der Waals surface area contributed by atoms with E-state index in [1.165, 1.54) is 14.2 Å². The van der Waals surface area contributed by atoms with Crippen LogP contribution in [0, 0.1) is 5.41 Å². The zero-order chi connectivity index (χ0) is 13.9. The average molecular weight is 252 g/mol. The molecule has 0 bridgehead atoms. The van der Waals surface area contributed by atoms with E-state index < -0.39 is 11.5 Å². The molecule has 0 aliphatic heterocycles. The van der Waals surface area contributed by atoms with Crippen molar-refractivity contribution in [3.63, 3.8) is 0 Å². The van der Waals surface area contributed by atoms with Crippen LogP contribution in [0.15, 0.2) is 18.2 Å². The zero-order valence-electron chi connectivity index (χ0n) is 11.5. The van der Waals surface area contributed by atoms with Crippen LogP contribution in [-0.2, 0) is 0 Å². The van der Waals surface area contributed by atoms with Crippen LogP contribution in [0.2, 0.25) is 0 Å². The summed E-state index contributed by atoms with van der Waals surface area (Å²) in [6.07, 6.45) is -1.08. The van der Waals surface area contributed by atoms with Gasteiger partial charge in [-0.2, -0.15) is 0 Å². The first-order chi connectivity index (χ1) is 8.31. The third-order valence-electron chi connectivity index (χ3n) is 2.74. The second kappa shape index (κ2) is 5.40. The Kier molecular flexibility index (Phi) is 4.35. The Morgan fingerprint density at radius 3 is 2.28 bits per heavy atom. The smallest absolute Gasteiger partial charge is 0.195 e. The molecule has 1 atom stereocenters. The summed E-state index contributed by atoms with van der Waals surface area (Å²) in [5.41, 5.74) is -0.190. The van der Waals surface area contributed by atoms with Crippen molar-refractivity contribution in [1.29, 1.82) is 0 Å². The molecule has 0 aromatic heterocycles. The highest BCUT2D eigenvalue weighted by Gasteiger charge is 2.31. The number of benzene rings is 1. The summed E-state index contributed by atoms with van der Waals surface area (Å²) in [5.74, 6) is 0.627. The molecule has 0 heterocycles. The summed E-state index contributed by atoms with van der Waals surface area (Å²) < 4.78 is 10.2. The molecule has 18 heavy (non-hydrogen) atoms. The van der Waals surface area contributed by atoms with E-state index in [-0.39, 0.29) is 5.78 Å². The summed E-state index contributed by atoms with van der Waals surface area (Å²) in [4.78, 5) is 12.3. The molecule has 1 N–H and O–H groups in total. The normalized spacial score (nSPS) is 13.0. The first-order valence-corrected chi connectivity index (χ1v) is 5.75. The minimum Gasteiger partial charge on any atom is -0.497 e. The largest absolute Gasteiger partial charge is 0.497 e. The number of hydrogen-bond donors (Lipinski definition) is 1. The van der Waals surface area contributed by atoms with Gasteiger partial charge in [0.2, 0.25) is 0 Å². The quantitative estimate of drug-likeness (QED) is 0.835. The Morgan fingerprint density at radius 2 is 1.83 bits per heavy atom. The van der Waals surface area contributed by atoms with Crippen molar-refractivity contribution in [2.75, 3.05) is 14.2 Å². The molecule has 1 aromatic carbocycles. The number of aliphatic hydroxyl groups excluding tert-OH is 1. The molecule has 1 rings (SSSR count). The van der Waals surface area contributed by atoms with Gasteiger partial charge in [0.15, 0.2) is 5.78 Å². The first kappa shape index (κ1) is 14.5. The molecule has 0 spiro atoms. The van der Waals surface area contributed by atoms with Crippen LogP contribution in [0.3, 0.4) is 0 Å². The second-order valence-corrected chi connectivity index (χ2v) is 5.20. The van der Waals surface area contributed by atoms with Crippen molar-refractivity contribution >= 4 is 5.78 Å². The molecular weight excluding hydrogens is 232 g/mol. The van der Waals surface area contributed by atoms with E-state index in [1.807, 2.05) is 20.8 Å². The van der Waals surface area contributed by atoms with Gasteiger partial charge >= 0.3 is 0 Å². The number of ketones is 1. The molecule has 0 radical (unpaired) electrons. The van der Waals surface area contributed by atoms with Gasteiger partial charge in [0, 0.05) is 0 Å². The first-order valence-electron chi connectivity index (χ1n) is 5.75. The average Bonchev–Trinajstić information content (AvgIpc) is 2.35. The van der Waals surface area contributed by atoms with Crippen LogP contribution in [0.25, 0.3) is 0 Å². The Labute approximate surface area is 108 Å². The van der Waals surface area contributed by atoms with Crippen molar-refractivity contribution in [3.05, 3.63) is 23.8 Å². The van der Waals surface area contributed by atoms with Crippen LogP contribution in [-0.4, -0.2) is 31.2 Å². The van der Waals surface area contributed by atoms with Gasteiger partial charge in [-0.3, -0.25) is 4.79 Å². The number of hydrogen-bond acceptors (Lipinski definition) is 4. The monoisotopic (exact) mass is 252 g/mol. The molecule has 4 heteroatoms. The zero-order valence-corrected chi connectivity index (χ0v) is 11.5. The molecule has 1 unspecified atom stereocenters. The van der Waals surface area contributed by atoms with E-state index in [0.717, 1.165) is 0 Å². The lowest BCUT2D eigenvalue weighted by Crippen LogP contribution is -2.34. The van der Waals surface area contributed by atoms with Crippen molar-refractivity contribution in [2.45, 2.75) is 26.9 Å². The summed E-state index contributed by atoms with van der Waals surface area (Å²) in [7, 11) is 3.01. The van der Waals surface area contributed by atoms with E-state index >= 15 is 0 Å². The number of aliphatic hydroxyl groups is 1. The van der Waals surface area contributed by atoms with Gasteiger partial charge in [0.1, 0.15) is 17.6 Å². The molecule has 0 saturated carbocycles. The fourth-order valence-corrected chi connectivity index (χ4v) is 1.55. The summed E-state index contributed by atoms with van der Waals surface area (Å²) in [6.45, 7) is 5.42. The molecule has 100 valence electrons. The Hall–Kier alpha value is -1.55. The minimum absolute atomic E-state index is 0.333. The molecular formula is C14H20O4. The van der Waals surface area contributed by atoms with Crippen LogP contribution in [0.4, 0.5) is 0 Å². The predicted molar refractivity (Wildman–Crippen MR) is 69.3 cm³/mol. The maximum atomic E-state index is 12.3. The van der Waals surface area contributed by atoms with Crippen molar-refractivity contribution in [3.8, 4) is 11.5 Å². The van der Waals surface area contributed by atoms with Crippen LogP contribution < -0.4 is 9.47 Å². The van der Waals surface area contributed by atoms with Crippen LogP contribution in [0.5, 0.6) is 11.5 Å². The summed E-state index contributed by atoms with van der Waals surface area (Å²) in [6, 6.07) is 4.94. The lowest BCUT2D eigenvalue weighted by atomic mass is 9.84. The number of carbonyl (C=O) groups is 1. The van der Waals surface area contributed by atoms with Gasteiger partial charge in [-0.05, 0) is 23.6 Å². The van der Waals surface area contributed by atoms with E-state index in [0.29, 0.717) is 17.1 Å². The van der Waals surface area contributed by atoms with Crippen LogP contribution in [0.1, 0.15) is 31.1 Å². The lowest BCUT2D eigenvalue weighted by molar-refractivity contribution is 0.0440. The van der Waals surface area contributed by atoms with E-state index in [2.05, 4.69) is 0 Å². The van der Waals surface area contributed by atoms with Gasteiger partial charge in [-0.15, -0.1) is 0 Å². The van der Waals surface area contributed by atoms with Crippen molar-refractivity contribution in [2.24, 2.45) is 5.41 Å². The van der Waals surface area contributed by atoms with Crippen molar-refractivity contribution < 1.29 is 19.4 Å². The Morgan fingerprint density at radius 1 is 1.22 bits per heavy atom. The number of carbonyl (C=O) groups excluding carboxylic acids is 1. The van der Waals surface area contributed by atoms with E-state index in [1.54, 1.807) is 18.2 Å². The molecule has 4 nitrogen and oxygen atoms in total. The maximum Gasteiger partial charge on any atom is 0.195 e. The molecule has 1 aromatic rings. The second-order valence-electron chi connectivity index (χ2n) is 5.20. The number of Topliss-reactive ketones (excluding diaryl/α,β-unsaturated/α-hetero) is 1. The number of rotatable bonds is 4. The summed E-state index contributed by atoms with van der Waals surface area (Å²) in [5, 5.41) is 10.0. The highest BCUT2D eigenvalue weighted by Crippen LogP contribution is 2.29. The third-order valence-corrected chi connectivity index (χ3v) is 2.74. The van der Waals surface area contributed by atoms with Crippen molar-refractivity contribution in [1.82, 2.24) is 0 Å². The molecule has 0 fully saturated rings. The van der Waals surface area contributed by atoms with Gasteiger partial charge < -0.3 is 14.6 Å². The van der Waals surface area contributed by atoms with E-state index in [4.69, 9.17) is 9.47 Å². The molecule has 0 aliphatic rings. The summed E-state index contributed by atoms with van der Waals surface area (Å²) >= 11 is 0. The highest BCUT2D eigenvalue weighted by atomic mass is 16.5. The fraction of sp³-hybridized carbons (Fsp3) is 0.500. The third kappa shape index (κ3) is 3.01. The van der Waals surface area contributed by atoms with Gasteiger partial charge in [-0.25, -0.2) is 0 Å². The van der Waals surface area contributed by atoms with Crippen LogP contribution >= 0.6 is 0 Å². The lowest BCUT2D eigenvalue weighted by Gasteiger charge is -2.25. The standard InChI is InChI=1S/C14H20O4/c1-14(2,3)13(16)12(15)10-8-9(17-4)6-7-11(10)18-5/h6-8,13,16H,1-5H3. The Bertz CT molecular complexity index is 432. The number of ether oxygens (including phenoxy) is 2. The maximum absolute atomic E-state index is 12.3. The van der Waals surface area contributed by atoms with Gasteiger partial charge in [0.25, 0.3) is 0 Å². The molecule has 0 aliphatic carbocycles. The topological polar surface area (TPSA) is 55.8 Å². The van der Waals surface area contributed by atoms with Gasteiger partial charge in [-0.1, -0.05) is 20.8 Å². The predicted octanol–water partition coefficient (Wildman–Crippen LogP) is 2.29. The Balaban J connectivity index is 3.18. The van der Waals surface area contributed by atoms with E-state index in [9.17, 15) is 9.90 Å². The fourth-order valence-electron chi connectivity index (χ4n) is 1.55. The van der Waals surface area contributed by atoms with Gasteiger partial charge in [0.05, 0.1) is 19.8 Å². The number of methoxy groups -OCH3 is 2. The highest BCUT2D eigenvalue weighted by molar-refractivity contribution is 6.02. The SMILES string of the molecule is COc1ccc(OC)c(C(=O)C(O)C(C)(C)C)c1. The molecule has 0 amide bonds. The minimum atomic E-state index is -1.08. The molecule has 0 saturated heterocycles.